The Morgan fingerprint density at radius 3 is 2.67 bits per heavy atom. The van der Waals surface area contributed by atoms with Crippen molar-refractivity contribution in [2.75, 3.05) is 11.5 Å². The van der Waals surface area contributed by atoms with E-state index in [1.165, 1.54) is 11.1 Å². The summed E-state index contributed by atoms with van der Waals surface area (Å²) in [6.07, 6.45) is 5.26. The third-order valence-corrected chi connectivity index (χ3v) is 4.47. The van der Waals surface area contributed by atoms with Gasteiger partial charge in [-0.25, -0.2) is 4.79 Å². The van der Waals surface area contributed by atoms with Crippen LogP contribution < -0.4 is 14.2 Å². The second-order valence-electron chi connectivity index (χ2n) is 5.93. The van der Waals surface area contributed by atoms with E-state index in [0.29, 0.717) is 23.7 Å². The molecule has 1 aliphatic heterocycles. The molecule has 1 aromatic carbocycles. The lowest BCUT2D eigenvalue weighted by atomic mass is 10.00. The van der Waals surface area contributed by atoms with Gasteiger partial charge < -0.3 is 4.74 Å². The number of imide groups is 1. The lowest BCUT2D eigenvalue weighted by molar-refractivity contribution is -0.576. The molecule has 4 rings (SSSR count). The number of carbonyl (C=O) groups is 2. The first-order valence-electron chi connectivity index (χ1n) is 8.25. The number of anilines is 1. The summed E-state index contributed by atoms with van der Waals surface area (Å²) in [5.74, 6) is 0.384. The topological polar surface area (TPSA) is 63.4 Å². The van der Waals surface area contributed by atoms with Gasteiger partial charge >= 0.3 is 11.9 Å². The van der Waals surface area contributed by atoms with Crippen LogP contribution in [0.5, 0.6) is 5.75 Å². The second kappa shape index (κ2) is 5.70. The third-order valence-electron chi connectivity index (χ3n) is 4.47. The molecule has 2 heterocycles. The smallest absolute Gasteiger partial charge is 0.494 e. The Morgan fingerprint density at radius 1 is 1.17 bits per heavy atom. The molecule has 24 heavy (non-hydrogen) atoms. The quantitative estimate of drug-likeness (QED) is 0.813. The highest BCUT2D eigenvalue weighted by atomic mass is 16.5. The van der Waals surface area contributed by atoms with Gasteiger partial charge in [0.15, 0.2) is 0 Å². The molecular weight excluding hydrogens is 306 g/mol. The molecule has 0 unspecified atom stereocenters. The Labute approximate surface area is 139 Å². The molecule has 0 saturated heterocycles. The zero-order valence-corrected chi connectivity index (χ0v) is 13.5. The minimum absolute atomic E-state index is 0.320. The number of fused-ring (bicyclic) bond motifs is 3. The summed E-state index contributed by atoms with van der Waals surface area (Å²) in [4.78, 5) is 31.2. The molecule has 0 bridgehead atoms. The van der Waals surface area contributed by atoms with Gasteiger partial charge in [0.2, 0.25) is 5.69 Å². The van der Waals surface area contributed by atoms with Gasteiger partial charge in [0.25, 0.3) is 0 Å². The van der Waals surface area contributed by atoms with Crippen LogP contribution in [0.4, 0.5) is 10.5 Å². The van der Waals surface area contributed by atoms with Crippen LogP contribution in [0.15, 0.2) is 30.5 Å². The maximum absolute atomic E-state index is 12.9. The molecule has 0 fully saturated rings. The molecule has 1 aromatic heterocycles. The highest BCUT2D eigenvalue weighted by Gasteiger charge is 2.49. The van der Waals surface area contributed by atoms with Gasteiger partial charge in [-0.15, -0.1) is 9.47 Å². The first-order valence-corrected chi connectivity index (χ1v) is 8.25. The van der Waals surface area contributed by atoms with Crippen molar-refractivity contribution in [3.63, 3.8) is 0 Å². The normalized spacial score (nSPS) is 16.1. The number of hydrogen-bond acceptors (Lipinski definition) is 4. The first kappa shape index (κ1) is 14.8. The van der Waals surface area contributed by atoms with Gasteiger partial charge in [-0.05, 0) is 50.5 Å². The SMILES string of the molecule is CCOc1ccc(N2C(=O)c3cnc4c([n+]3C2=O)CCCC4)cc1. The lowest BCUT2D eigenvalue weighted by Crippen LogP contribution is -2.50. The number of rotatable bonds is 3. The van der Waals surface area contributed by atoms with E-state index >= 15 is 0 Å². The van der Waals surface area contributed by atoms with Crippen LogP contribution in [-0.4, -0.2) is 23.5 Å². The summed E-state index contributed by atoms with van der Waals surface area (Å²) in [5.41, 5.74) is 2.70. The van der Waals surface area contributed by atoms with Gasteiger partial charge in [-0.1, -0.05) is 0 Å². The maximum atomic E-state index is 12.9. The van der Waals surface area contributed by atoms with E-state index in [1.54, 1.807) is 28.8 Å². The molecule has 6 heteroatoms. The number of amides is 2. The third kappa shape index (κ3) is 2.18. The van der Waals surface area contributed by atoms with Crippen LogP contribution >= 0.6 is 0 Å². The fourth-order valence-electron chi connectivity index (χ4n) is 3.35. The van der Waals surface area contributed by atoms with E-state index in [1.807, 2.05) is 6.92 Å². The molecule has 2 amide bonds. The molecule has 0 atom stereocenters. The van der Waals surface area contributed by atoms with E-state index in [0.717, 1.165) is 37.1 Å². The lowest BCUT2D eigenvalue weighted by Gasteiger charge is -2.13. The average molecular weight is 324 g/mol. The Morgan fingerprint density at radius 2 is 1.92 bits per heavy atom. The van der Waals surface area contributed by atoms with E-state index < -0.39 is 0 Å². The number of nitrogens with zero attached hydrogens (tertiary/aromatic N) is 3. The molecular formula is C18H18N3O3+. The van der Waals surface area contributed by atoms with Crippen molar-refractivity contribution in [3.8, 4) is 5.75 Å². The van der Waals surface area contributed by atoms with Gasteiger partial charge in [-0.3, -0.25) is 4.98 Å². The summed E-state index contributed by atoms with van der Waals surface area (Å²) in [6.45, 7) is 2.48. The highest BCUT2D eigenvalue weighted by Crippen LogP contribution is 2.25. The van der Waals surface area contributed by atoms with Crippen LogP contribution in [0, 0.1) is 0 Å². The Kier molecular flexibility index (Phi) is 3.52. The highest BCUT2D eigenvalue weighted by molar-refractivity contribution is 6.20. The van der Waals surface area contributed by atoms with Crippen LogP contribution in [0.3, 0.4) is 0 Å². The van der Waals surface area contributed by atoms with E-state index in [2.05, 4.69) is 4.98 Å². The van der Waals surface area contributed by atoms with Crippen molar-refractivity contribution in [1.82, 2.24) is 4.98 Å². The fourth-order valence-corrected chi connectivity index (χ4v) is 3.35. The maximum Gasteiger partial charge on any atom is 0.512 e. The summed E-state index contributed by atoms with van der Waals surface area (Å²) in [5, 5.41) is 0. The molecule has 6 nitrogen and oxygen atoms in total. The summed E-state index contributed by atoms with van der Waals surface area (Å²) >= 11 is 0. The van der Waals surface area contributed by atoms with Crippen molar-refractivity contribution in [3.05, 3.63) is 47.5 Å². The van der Waals surface area contributed by atoms with Gasteiger partial charge in [0.05, 0.1) is 18.5 Å². The molecule has 0 radical (unpaired) electrons. The van der Waals surface area contributed by atoms with Crippen LogP contribution in [0.2, 0.25) is 0 Å². The predicted octanol–water partition coefficient (Wildman–Crippen LogP) is 2.28. The minimum atomic E-state index is -0.329. The number of aryl methyl sites for hydroxylation is 1. The van der Waals surface area contributed by atoms with Gasteiger partial charge in [0, 0.05) is 6.42 Å². The molecule has 122 valence electrons. The van der Waals surface area contributed by atoms with E-state index in [-0.39, 0.29) is 11.9 Å². The Bertz CT molecular complexity index is 830. The molecule has 1 aliphatic carbocycles. The van der Waals surface area contributed by atoms with Crippen LogP contribution in [0.1, 0.15) is 41.6 Å². The van der Waals surface area contributed by atoms with Gasteiger partial charge in [0.1, 0.15) is 17.1 Å². The number of hydrogen-bond donors (Lipinski definition) is 0. The summed E-state index contributed by atoms with van der Waals surface area (Å²) in [7, 11) is 0. The standard InChI is InChI=1S/C18H18N3O3/c1-2-24-13-9-7-12(8-10-13)20-17(22)16-11-19-14-5-3-4-6-15(14)21(16)18(20)23/h7-11H,2-6H2,1H3/q+1. The van der Waals surface area contributed by atoms with Crippen molar-refractivity contribution in [2.45, 2.75) is 32.6 Å². The average Bonchev–Trinajstić information content (AvgIpc) is 2.87. The van der Waals surface area contributed by atoms with E-state index in [9.17, 15) is 9.59 Å². The number of aromatic nitrogens is 2. The Balaban J connectivity index is 1.74. The van der Waals surface area contributed by atoms with Crippen molar-refractivity contribution in [2.24, 2.45) is 0 Å². The monoisotopic (exact) mass is 324 g/mol. The minimum Gasteiger partial charge on any atom is -0.494 e. The van der Waals surface area contributed by atoms with Crippen molar-refractivity contribution < 1.29 is 18.9 Å². The second-order valence-corrected chi connectivity index (χ2v) is 5.93. The van der Waals surface area contributed by atoms with Crippen LogP contribution in [0.25, 0.3) is 0 Å². The largest absolute Gasteiger partial charge is 0.512 e. The molecule has 2 aliphatic rings. The van der Waals surface area contributed by atoms with E-state index in [4.69, 9.17) is 4.74 Å². The number of ether oxygens (including phenoxy) is 1. The summed E-state index contributed by atoms with van der Waals surface area (Å²) < 4.78 is 6.95. The molecule has 2 aromatic rings. The van der Waals surface area contributed by atoms with Crippen LogP contribution in [-0.2, 0) is 12.8 Å². The summed E-state index contributed by atoms with van der Waals surface area (Å²) in [6, 6.07) is 6.67. The fraction of sp³-hybridized carbons (Fsp3) is 0.333. The predicted molar refractivity (Wildman–Crippen MR) is 86.3 cm³/mol. The zero-order valence-electron chi connectivity index (χ0n) is 13.5. The molecule has 0 spiro atoms. The van der Waals surface area contributed by atoms with Crippen molar-refractivity contribution in [1.29, 1.82) is 0 Å². The first-order chi connectivity index (χ1) is 11.7. The molecule has 0 N–H and O–H groups in total. The number of benzene rings is 1. The van der Waals surface area contributed by atoms with Gasteiger partial charge in [-0.2, -0.15) is 4.79 Å². The van der Waals surface area contributed by atoms with Crippen molar-refractivity contribution >= 4 is 17.6 Å². The Hall–Kier alpha value is -2.76. The number of carbonyl (C=O) groups excluding carboxylic acids is 2. The molecule has 0 saturated carbocycles. The zero-order chi connectivity index (χ0) is 16.7.